The van der Waals surface area contributed by atoms with Gasteiger partial charge in [-0.2, -0.15) is 5.10 Å². The molecule has 1 heterocycles. The summed E-state index contributed by atoms with van der Waals surface area (Å²) in [5.74, 6) is 0.162. The van der Waals surface area contributed by atoms with Gasteiger partial charge in [-0.15, -0.1) is 5.10 Å². The van der Waals surface area contributed by atoms with Crippen LogP contribution in [-0.4, -0.2) is 27.1 Å². The Labute approximate surface area is 101 Å². The molecule has 17 heavy (non-hydrogen) atoms. The Kier molecular flexibility index (Phi) is 4.96. The van der Waals surface area contributed by atoms with Gasteiger partial charge < -0.3 is 5.73 Å². The Morgan fingerprint density at radius 3 is 2.65 bits per heavy atom. The monoisotopic (exact) mass is 237 g/mol. The highest BCUT2D eigenvalue weighted by molar-refractivity contribution is 5.88. The molecule has 1 aromatic heterocycles. The molecule has 0 aliphatic heterocycles. The van der Waals surface area contributed by atoms with Gasteiger partial charge in [0.25, 0.3) is 0 Å². The van der Waals surface area contributed by atoms with Crippen LogP contribution in [-0.2, 0) is 4.79 Å². The van der Waals surface area contributed by atoms with Gasteiger partial charge >= 0.3 is 0 Å². The van der Waals surface area contributed by atoms with Gasteiger partial charge in [-0.05, 0) is 33.6 Å². The van der Waals surface area contributed by atoms with E-state index in [0.29, 0.717) is 6.42 Å². The molecule has 0 aliphatic carbocycles. The second-order valence-corrected chi connectivity index (χ2v) is 4.22. The molecule has 1 unspecified atom stereocenters. The van der Waals surface area contributed by atoms with Crippen LogP contribution in [0.1, 0.15) is 37.6 Å². The number of hydrogen-bond donors (Lipinski definition) is 2. The second-order valence-electron chi connectivity index (χ2n) is 4.22. The fourth-order valence-corrected chi connectivity index (χ4v) is 1.28. The largest absolute Gasteiger partial charge is 0.328 e. The lowest BCUT2D eigenvalue weighted by molar-refractivity contribution is -0.116. The number of nitrogens with zero attached hydrogens (tertiary/aromatic N) is 3. The first-order valence-electron chi connectivity index (χ1n) is 5.72. The predicted octanol–water partition coefficient (Wildman–Crippen LogP) is 0.944. The summed E-state index contributed by atoms with van der Waals surface area (Å²) < 4.78 is 0. The number of nitrogens with one attached hydrogen (secondary N) is 1. The first-order chi connectivity index (χ1) is 7.99. The van der Waals surface area contributed by atoms with E-state index >= 15 is 0 Å². The van der Waals surface area contributed by atoms with Gasteiger partial charge in [0.05, 0.1) is 11.4 Å². The summed E-state index contributed by atoms with van der Waals surface area (Å²) in [6.45, 7) is 5.58. The molecule has 1 atom stereocenters. The molecule has 3 N–H and O–H groups in total. The van der Waals surface area contributed by atoms with Gasteiger partial charge in [-0.3, -0.25) is 10.1 Å². The van der Waals surface area contributed by atoms with Crippen LogP contribution in [0.25, 0.3) is 0 Å². The lowest BCUT2D eigenvalue weighted by atomic mass is 10.1. The van der Waals surface area contributed by atoms with E-state index in [9.17, 15) is 4.79 Å². The van der Waals surface area contributed by atoms with Crippen molar-refractivity contribution in [3.8, 4) is 0 Å². The summed E-state index contributed by atoms with van der Waals surface area (Å²) in [6, 6.07) is 0.127. The Morgan fingerprint density at radius 2 is 2.06 bits per heavy atom. The highest BCUT2D eigenvalue weighted by Gasteiger charge is 2.06. The number of amides is 1. The molecule has 1 aromatic rings. The summed E-state index contributed by atoms with van der Waals surface area (Å²) in [5, 5.41) is 10.3. The molecule has 0 fully saturated rings. The minimum absolute atomic E-state index is 0.101. The number of carbonyl (C=O) groups excluding carboxylic acids is 1. The minimum Gasteiger partial charge on any atom is -0.328 e. The van der Waals surface area contributed by atoms with E-state index in [1.54, 1.807) is 0 Å². The number of aryl methyl sites for hydroxylation is 2. The highest BCUT2D eigenvalue weighted by atomic mass is 16.1. The third-order valence-electron chi connectivity index (χ3n) is 2.41. The molecule has 1 amide bonds. The van der Waals surface area contributed by atoms with Crippen LogP contribution >= 0.6 is 0 Å². The van der Waals surface area contributed by atoms with E-state index in [1.165, 1.54) is 0 Å². The first-order valence-corrected chi connectivity index (χ1v) is 5.72. The van der Waals surface area contributed by atoms with E-state index < -0.39 is 0 Å². The second kappa shape index (κ2) is 6.24. The SMILES string of the molecule is Cc1nnc(NC(=O)CCCC(C)N)nc1C. The van der Waals surface area contributed by atoms with Crippen molar-refractivity contribution >= 4 is 11.9 Å². The normalized spacial score (nSPS) is 12.2. The van der Waals surface area contributed by atoms with Gasteiger partial charge in [0.2, 0.25) is 11.9 Å². The summed E-state index contributed by atoms with van der Waals surface area (Å²) in [7, 11) is 0. The highest BCUT2D eigenvalue weighted by Crippen LogP contribution is 2.04. The smallest absolute Gasteiger partial charge is 0.249 e. The van der Waals surface area contributed by atoms with Gasteiger partial charge in [-0.1, -0.05) is 0 Å². The minimum atomic E-state index is -0.101. The van der Waals surface area contributed by atoms with E-state index in [-0.39, 0.29) is 17.9 Å². The molecule has 0 spiro atoms. The molecule has 6 nitrogen and oxygen atoms in total. The molecule has 0 saturated carbocycles. The van der Waals surface area contributed by atoms with Crippen molar-refractivity contribution in [2.24, 2.45) is 5.73 Å². The number of aromatic nitrogens is 3. The number of anilines is 1. The summed E-state index contributed by atoms with van der Waals surface area (Å²) >= 11 is 0. The van der Waals surface area contributed by atoms with E-state index in [4.69, 9.17) is 5.73 Å². The molecule has 94 valence electrons. The molecule has 0 aliphatic rings. The lowest BCUT2D eigenvalue weighted by Crippen LogP contribution is -2.18. The zero-order valence-corrected chi connectivity index (χ0v) is 10.5. The molecule has 0 radical (unpaired) electrons. The zero-order valence-electron chi connectivity index (χ0n) is 10.5. The third-order valence-corrected chi connectivity index (χ3v) is 2.41. The van der Waals surface area contributed by atoms with E-state index in [0.717, 1.165) is 24.2 Å². The first kappa shape index (κ1) is 13.5. The number of rotatable bonds is 5. The average Bonchev–Trinajstić information content (AvgIpc) is 2.23. The zero-order chi connectivity index (χ0) is 12.8. The molecule has 6 heteroatoms. The van der Waals surface area contributed by atoms with Crippen molar-refractivity contribution < 1.29 is 4.79 Å². The van der Waals surface area contributed by atoms with Crippen LogP contribution in [0, 0.1) is 13.8 Å². The fraction of sp³-hybridized carbons (Fsp3) is 0.636. The van der Waals surface area contributed by atoms with E-state index in [1.807, 2.05) is 20.8 Å². The van der Waals surface area contributed by atoms with Crippen molar-refractivity contribution in [2.45, 2.75) is 46.1 Å². The quantitative estimate of drug-likeness (QED) is 0.795. The van der Waals surface area contributed by atoms with Crippen molar-refractivity contribution in [1.29, 1.82) is 0 Å². The standard InChI is InChI=1S/C11H19N5O/c1-7(12)5-4-6-10(17)14-11-13-8(2)9(3)15-16-11/h7H,4-6,12H2,1-3H3,(H,13,14,16,17). The van der Waals surface area contributed by atoms with Crippen LogP contribution in [0.2, 0.25) is 0 Å². The summed E-state index contributed by atoms with van der Waals surface area (Å²) in [4.78, 5) is 15.7. The molecular formula is C11H19N5O. The van der Waals surface area contributed by atoms with Crippen molar-refractivity contribution in [2.75, 3.05) is 5.32 Å². The Bertz CT molecular complexity index is 391. The molecule has 1 rings (SSSR count). The predicted molar refractivity (Wildman–Crippen MR) is 65.4 cm³/mol. The molecule has 0 aromatic carbocycles. The maximum Gasteiger partial charge on any atom is 0.249 e. The third kappa shape index (κ3) is 4.86. The number of nitrogens with two attached hydrogens (primary N) is 1. The van der Waals surface area contributed by atoms with E-state index in [2.05, 4.69) is 20.5 Å². The Balaban J connectivity index is 2.42. The summed E-state index contributed by atoms with van der Waals surface area (Å²) in [5.41, 5.74) is 7.13. The van der Waals surface area contributed by atoms with Crippen LogP contribution in [0.4, 0.5) is 5.95 Å². The van der Waals surface area contributed by atoms with Gasteiger partial charge in [0.1, 0.15) is 0 Å². The van der Waals surface area contributed by atoms with Crippen molar-refractivity contribution in [1.82, 2.24) is 15.2 Å². The number of hydrogen-bond acceptors (Lipinski definition) is 5. The Morgan fingerprint density at radius 1 is 1.35 bits per heavy atom. The summed E-state index contributed by atoms with van der Waals surface area (Å²) in [6.07, 6.45) is 2.03. The maximum atomic E-state index is 11.5. The molecule has 0 saturated heterocycles. The van der Waals surface area contributed by atoms with Crippen LogP contribution in [0.15, 0.2) is 0 Å². The Hall–Kier alpha value is -1.56. The molecule has 0 bridgehead atoms. The topological polar surface area (TPSA) is 93.8 Å². The van der Waals surface area contributed by atoms with Gasteiger partial charge in [0, 0.05) is 12.5 Å². The maximum absolute atomic E-state index is 11.5. The lowest BCUT2D eigenvalue weighted by Gasteiger charge is -2.06. The van der Waals surface area contributed by atoms with Gasteiger partial charge in [-0.25, -0.2) is 4.98 Å². The van der Waals surface area contributed by atoms with Crippen LogP contribution < -0.4 is 11.1 Å². The van der Waals surface area contributed by atoms with Gasteiger partial charge in [0.15, 0.2) is 0 Å². The average molecular weight is 237 g/mol. The van der Waals surface area contributed by atoms with Crippen molar-refractivity contribution in [3.63, 3.8) is 0 Å². The number of carbonyl (C=O) groups is 1. The fourth-order valence-electron chi connectivity index (χ4n) is 1.28. The van der Waals surface area contributed by atoms with Crippen LogP contribution in [0.3, 0.4) is 0 Å². The van der Waals surface area contributed by atoms with Crippen molar-refractivity contribution in [3.05, 3.63) is 11.4 Å². The molecular weight excluding hydrogens is 218 g/mol. The van der Waals surface area contributed by atoms with Crippen LogP contribution in [0.5, 0.6) is 0 Å².